The molecule has 6 aromatic rings. The van der Waals surface area contributed by atoms with Gasteiger partial charge in [-0.1, -0.05) is 78.1 Å². The summed E-state index contributed by atoms with van der Waals surface area (Å²) in [6.07, 6.45) is 11.3. The molecular weight excluding hydrogens is 733 g/mol. The molecule has 0 aliphatic carbocycles. The fraction of sp³-hybridized carbons (Fsp3) is 0.421. The molecule has 10 nitrogen and oxygen atoms in total. The van der Waals surface area contributed by atoms with Crippen LogP contribution < -0.4 is 29.9 Å². The van der Waals surface area contributed by atoms with E-state index in [0.29, 0.717) is 39.3 Å². The SMILES string of the molecule is [C-]#[N+]C([N+]#[C-])=c1sc2c(s1)c1c(=O)n(CCCCCCCC)c(=O)c3c4sc(=C(C#N)C#N)sc4c4c(=O)n(CCCCCCCC)c(=O)c2c4c31. The van der Waals surface area contributed by atoms with Gasteiger partial charge in [-0.15, -0.1) is 45.3 Å². The molecule has 0 amide bonds. The second-order valence-corrected chi connectivity index (χ2v) is 17.4. The molecule has 0 aliphatic heterocycles. The summed E-state index contributed by atoms with van der Waals surface area (Å²) in [6.45, 7) is 19.9. The molecule has 6 rings (SSSR count). The average molecular weight is 767 g/mol. The van der Waals surface area contributed by atoms with Crippen molar-refractivity contribution in [2.24, 2.45) is 0 Å². The van der Waals surface area contributed by atoms with E-state index in [4.69, 9.17) is 13.1 Å². The second-order valence-electron chi connectivity index (χ2n) is 12.8. The number of aromatic nitrogens is 2. The van der Waals surface area contributed by atoms with E-state index < -0.39 is 22.2 Å². The molecule has 0 fully saturated rings. The van der Waals surface area contributed by atoms with E-state index in [2.05, 4.69) is 23.5 Å². The summed E-state index contributed by atoms with van der Waals surface area (Å²) in [6, 6.07) is 3.86. The van der Waals surface area contributed by atoms with Crippen LogP contribution in [0.15, 0.2) is 19.2 Å². The van der Waals surface area contributed by atoms with E-state index in [1.807, 2.05) is 12.1 Å². The molecule has 0 spiro atoms. The molecule has 0 atom stereocenters. The van der Waals surface area contributed by atoms with Crippen molar-refractivity contribution in [1.29, 1.82) is 10.5 Å². The van der Waals surface area contributed by atoms with Gasteiger partial charge in [0.25, 0.3) is 22.2 Å². The molecule has 0 aliphatic rings. The highest BCUT2D eigenvalue weighted by Gasteiger charge is 2.30. The first-order chi connectivity index (χ1) is 25.3. The minimum absolute atomic E-state index is 0.157. The van der Waals surface area contributed by atoms with Gasteiger partial charge in [0.1, 0.15) is 29.1 Å². The summed E-state index contributed by atoms with van der Waals surface area (Å²) >= 11 is 4.29. The first-order valence-corrected chi connectivity index (χ1v) is 20.7. The maximum absolute atomic E-state index is 14.6. The number of benzene rings is 2. The minimum atomic E-state index is -0.548. The number of nitrogens with zero attached hydrogens (tertiary/aromatic N) is 6. The number of rotatable bonds is 14. The van der Waals surface area contributed by atoms with Crippen LogP contribution in [0.5, 0.6) is 0 Å². The van der Waals surface area contributed by atoms with Crippen molar-refractivity contribution < 1.29 is 0 Å². The number of pyridine rings is 2. The molecule has 0 N–H and O–H groups in total. The van der Waals surface area contributed by atoms with Crippen molar-refractivity contribution in [3.63, 3.8) is 0 Å². The van der Waals surface area contributed by atoms with Gasteiger partial charge in [0, 0.05) is 23.9 Å². The lowest BCUT2D eigenvalue weighted by Crippen LogP contribution is -2.36. The van der Waals surface area contributed by atoms with E-state index >= 15 is 0 Å². The van der Waals surface area contributed by atoms with Gasteiger partial charge in [-0.3, -0.25) is 28.3 Å². The average Bonchev–Trinajstić information content (AvgIpc) is 3.77. The van der Waals surface area contributed by atoms with Crippen molar-refractivity contribution in [3.05, 3.63) is 71.9 Å². The third-order valence-electron chi connectivity index (χ3n) is 9.48. The predicted octanol–water partition coefficient (Wildman–Crippen LogP) is 8.00. The Bertz CT molecular complexity index is 2560. The van der Waals surface area contributed by atoms with E-state index in [-0.39, 0.29) is 56.8 Å². The van der Waals surface area contributed by atoms with Crippen LogP contribution in [-0.4, -0.2) is 9.13 Å². The topological polar surface area (TPSA) is 134 Å². The largest absolute Gasteiger partial charge is 0.546 e. The molecular formula is C38H34N6O4S4. The third kappa shape index (κ3) is 6.25. The quantitative estimate of drug-likeness (QED) is 0.0627. The van der Waals surface area contributed by atoms with Gasteiger partial charge in [-0.05, 0) is 12.8 Å². The highest BCUT2D eigenvalue weighted by molar-refractivity contribution is 7.38. The van der Waals surface area contributed by atoms with Crippen molar-refractivity contribution in [2.75, 3.05) is 0 Å². The Morgan fingerprint density at radius 1 is 0.538 bits per heavy atom. The molecule has 2 aromatic carbocycles. The molecule has 0 saturated carbocycles. The van der Waals surface area contributed by atoms with Gasteiger partial charge in [0.15, 0.2) is 9.42 Å². The zero-order chi connectivity index (χ0) is 37.1. The Morgan fingerprint density at radius 3 is 1.19 bits per heavy atom. The smallest absolute Gasteiger partial charge is 0.274 e. The van der Waals surface area contributed by atoms with Gasteiger partial charge in [0.05, 0.1) is 40.3 Å². The monoisotopic (exact) mass is 766 g/mol. The first kappa shape index (κ1) is 37.1. The fourth-order valence-corrected chi connectivity index (χ4v) is 12.2. The molecule has 14 heteroatoms. The molecule has 4 heterocycles. The standard InChI is InChI=1S/C38H34N6O4S4/c1-5-7-9-11-13-15-17-43-33(45)24-22-23-25(29-28(24)49-37(50-29)21(19-39)20-40)34(46)44(18-16-14-12-10-8-6-2)36(48)27(23)31-30(26(22)35(43)47)51-38(52-31)32(41-3)42-4/h5-18H2,1-2H3. The highest BCUT2D eigenvalue weighted by atomic mass is 32.2. The van der Waals surface area contributed by atoms with Crippen molar-refractivity contribution >= 4 is 108 Å². The van der Waals surface area contributed by atoms with Crippen LogP contribution >= 0.6 is 45.3 Å². The Morgan fingerprint density at radius 2 is 0.865 bits per heavy atom. The van der Waals surface area contributed by atoms with Crippen LogP contribution in [0.25, 0.3) is 72.2 Å². The number of fused-ring (bicyclic) bond motifs is 6. The number of hydrogen-bond donors (Lipinski definition) is 0. The molecule has 52 heavy (non-hydrogen) atoms. The van der Waals surface area contributed by atoms with Crippen LogP contribution in [0.4, 0.5) is 0 Å². The zero-order valence-corrected chi connectivity index (χ0v) is 32.1. The lowest BCUT2D eigenvalue weighted by atomic mass is 9.96. The number of nitriles is 2. The Balaban J connectivity index is 1.81. The lowest BCUT2D eigenvalue weighted by Gasteiger charge is -2.16. The minimum Gasteiger partial charge on any atom is -0.274 e. The summed E-state index contributed by atoms with van der Waals surface area (Å²) < 4.78 is 4.69. The summed E-state index contributed by atoms with van der Waals surface area (Å²) in [5.41, 5.74) is -2.34. The van der Waals surface area contributed by atoms with E-state index in [1.54, 1.807) is 0 Å². The van der Waals surface area contributed by atoms with Crippen molar-refractivity contribution in [3.8, 4) is 12.1 Å². The van der Waals surface area contributed by atoms with E-state index in [9.17, 15) is 29.7 Å². The van der Waals surface area contributed by atoms with Crippen LogP contribution in [0.1, 0.15) is 90.9 Å². The zero-order valence-electron chi connectivity index (χ0n) is 28.8. The molecule has 0 unspecified atom stereocenters. The second kappa shape index (κ2) is 15.9. The molecule has 4 aromatic heterocycles. The maximum Gasteiger partial charge on any atom is 0.546 e. The van der Waals surface area contributed by atoms with Crippen LogP contribution in [0.2, 0.25) is 0 Å². The van der Waals surface area contributed by atoms with Gasteiger partial charge >= 0.3 is 5.82 Å². The van der Waals surface area contributed by atoms with Crippen molar-refractivity contribution in [2.45, 2.75) is 104 Å². The van der Waals surface area contributed by atoms with Crippen LogP contribution in [-0.2, 0) is 13.1 Å². The molecule has 0 bridgehead atoms. The molecule has 0 saturated heterocycles. The number of hydrogen-bond acceptors (Lipinski definition) is 10. The Labute approximate surface area is 314 Å². The summed E-state index contributed by atoms with van der Waals surface area (Å²) in [4.78, 5) is 65.2. The summed E-state index contributed by atoms with van der Waals surface area (Å²) in [5, 5.41) is 20.7. The van der Waals surface area contributed by atoms with Gasteiger partial charge in [0.2, 0.25) is 0 Å². The Kier molecular flexibility index (Phi) is 11.3. The highest BCUT2D eigenvalue weighted by Crippen LogP contribution is 2.44. The number of unbranched alkanes of at least 4 members (excludes halogenated alkanes) is 10. The molecule has 264 valence electrons. The first-order valence-electron chi connectivity index (χ1n) is 17.5. The third-order valence-corrected chi connectivity index (χ3v) is 14.7. The van der Waals surface area contributed by atoms with Gasteiger partial charge in [-0.25, -0.2) is 0 Å². The van der Waals surface area contributed by atoms with E-state index in [0.717, 1.165) is 110 Å². The summed E-state index contributed by atoms with van der Waals surface area (Å²) in [7, 11) is 0. The Hall–Kier alpha value is -4.70. The molecule has 0 radical (unpaired) electrons. The van der Waals surface area contributed by atoms with Crippen molar-refractivity contribution in [1.82, 2.24) is 9.13 Å². The van der Waals surface area contributed by atoms with E-state index in [1.165, 1.54) is 9.13 Å². The fourth-order valence-electron chi connectivity index (χ4n) is 6.93. The predicted molar refractivity (Wildman–Crippen MR) is 215 cm³/mol. The lowest BCUT2D eigenvalue weighted by molar-refractivity contribution is 0.545. The van der Waals surface area contributed by atoms with Crippen LogP contribution in [0, 0.1) is 35.8 Å². The summed E-state index contributed by atoms with van der Waals surface area (Å²) in [5.74, 6) is -0.189. The maximum atomic E-state index is 14.6. The van der Waals surface area contributed by atoms with Crippen LogP contribution in [0.3, 0.4) is 0 Å². The van der Waals surface area contributed by atoms with Gasteiger partial charge < -0.3 is 0 Å². The van der Waals surface area contributed by atoms with Gasteiger partial charge in [-0.2, -0.15) is 20.2 Å². The normalized spacial score (nSPS) is 11.4.